The van der Waals surface area contributed by atoms with Crippen molar-refractivity contribution in [1.29, 1.82) is 0 Å². The molecule has 0 fully saturated rings. The minimum Gasteiger partial charge on any atom is -0.463 e. The van der Waals surface area contributed by atoms with Crippen LogP contribution in [0.15, 0.2) is 74.8 Å². The molecule has 1 atom stereocenters. The Morgan fingerprint density at radius 1 is 1.22 bits per heavy atom. The van der Waals surface area contributed by atoms with Crippen molar-refractivity contribution in [2.24, 2.45) is 12.1 Å². The van der Waals surface area contributed by atoms with E-state index in [4.69, 9.17) is 4.42 Å². The molecule has 162 valence electrons. The summed E-state index contributed by atoms with van der Waals surface area (Å²) in [5.74, 6) is 0.683. The van der Waals surface area contributed by atoms with E-state index in [2.05, 4.69) is 15.3 Å². The zero-order valence-electron chi connectivity index (χ0n) is 17.0. The molecular formula is C22H18FN5O2S2. The molecule has 4 aromatic rings. The summed E-state index contributed by atoms with van der Waals surface area (Å²) in [5.41, 5.74) is 1.11. The molecule has 0 aliphatic carbocycles. The summed E-state index contributed by atoms with van der Waals surface area (Å²) in [5, 5.41) is 16.9. The highest BCUT2D eigenvalue weighted by atomic mass is 32.2. The van der Waals surface area contributed by atoms with Crippen LogP contribution in [0.5, 0.6) is 0 Å². The van der Waals surface area contributed by atoms with Crippen LogP contribution in [0.2, 0.25) is 0 Å². The summed E-state index contributed by atoms with van der Waals surface area (Å²) in [6.07, 6.45) is 2.19. The van der Waals surface area contributed by atoms with Crippen LogP contribution in [-0.2, 0) is 11.8 Å². The van der Waals surface area contributed by atoms with Crippen LogP contribution in [0.3, 0.4) is 0 Å². The number of rotatable bonds is 6. The van der Waals surface area contributed by atoms with Gasteiger partial charge < -0.3 is 8.98 Å². The summed E-state index contributed by atoms with van der Waals surface area (Å²) in [4.78, 5) is 14.2. The van der Waals surface area contributed by atoms with Gasteiger partial charge in [0.2, 0.25) is 0 Å². The van der Waals surface area contributed by atoms with Crippen molar-refractivity contribution in [3.8, 4) is 11.4 Å². The van der Waals surface area contributed by atoms with Gasteiger partial charge in [0.15, 0.2) is 11.0 Å². The van der Waals surface area contributed by atoms with E-state index < -0.39 is 0 Å². The van der Waals surface area contributed by atoms with Gasteiger partial charge in [-0.3, -0.25) is 4.79 Å². The fraction of sp³-hybridized carbons (Fsp3) is 0.182. The van der Waals surface area contributed by atoms with E-state index in [0.29, 0.717) is 28.7 Å². The minimum absolute atomic E-state index is 0.125. The molecule has 0 N–H and O–H groups in total. The van der Waals surface area contributed by atoms with Gasteiger partial charge in [-0.25, -0.2) is 9.40 Å². The minimum atomic E-state index is -0.369. The number of thiophene rings is 1. The van der Waals surface area contributed by atoms with Gasteiger partial charge in [-0.2, -0.15) is 5.10 Å². The highest BCUT2D eigenvalue weighted by molar-refractivity contribution is 7.99. The zero-order valence-corrected chi connectivity index (χ0v) is 18.6. The van der Waals surface area contributed by atoms with Crippen LogP contribution in [0.4, 0.5) is 4.39 Å². The second kappa shape index (κ2) is 8.71. The molecule has 1 amide bonds. The molecule has 1 unspecified atom stereocenters. The molecule has 0 bridgehead atoms. The molecular weight excluding hydrogens is 449 g/mol. The van der Waals surface area contributed by atoms with E-state index >= 15 is 0 Å². The monoisotopic (exact) mass is 467 g/mol. The van der Waals surface area contributed by atoms with Gasteiger partial charge in [0.25, 0.3) is 5.91 Å². The second-order valence-corrected chi connectivity index (χ2v) is 9.05. The van der Waals surface area contributed by atoms with Crippen LogP contribution < -0.4 is 0 Å². The van der Waals surface area contributed by atoms with E-state index in [1.807, 2.05) is 23.6 Å². The number of hydrogen-bond acceptors (Lipinski definition) is 7. The third kappa shape index (κ3) is 3.87. The van der Waals surface area contributed by atoms with Crippen LogP contribution in [0, 0.1) is 5.82 Å². The summed E-state index contributed by atoms with van der Waals surface area (Å²) in [7, 11) is 1.76. The molecule has 7 nitrogen and oxygen atoms in total. The normalized spacial score (nSPS) is 15.9. The number of aromatic nitrogens is 3. The van der Waals surface area contributed by atoms with Gasteiger partial charge in [-0.15, -0.1) is 21.5 Å². The number of hydrazone groups is 1. The molecule has 3 aromatic heterocycles. The molecule has 0 saturated carbocycles. The van der Waals surface area contributed by atoms with Crippen molar-refractivity contribution in [2.75, 3.05) is 5.75 Å². The van der Waals surface area contributed by atoms with Crippen LogP contribution in [0.1, 0.15) is 23.1 Å². The predicted octanol–water partition coefficient (Wildman–Crippen LogP) is 4.75. The molecule has 32 heavy (non-hydrogen) atoms. The smallest absolute Gasteiger partial charge is 0.253 e. The first kappa shape index (κ1) is 20.7. The number of hydrogen-bond donors (Lipinski definition) is 0. The number of amides is 1. The fourth-order valence-electron chi connectivity index (χ4n) is 3.54. The molecule has 1 aliphatic heterocycles. The average Bonchev–Trinajstić information content (AvgIpc) is 3.59. The van der Waals surface area contributed by atoms with Gasteiger partial charge in [0.05, 0.1) is 23.6 Å². The number of benzene rings is 1. The lowest BCUT2D eigenvalue weighted by molar-refractivity contribution is -0.130. The lowest BCUT2D eigenvalue weighted by Gasteiger charge is -2.20. The molecule has 0 saturated heterocycles. The quantitative estimate of drug-likeness (QED) is 0.383. The van der Waals surface area contributed by atoms with Crippen molar-refractivity contribution in [2.45, 2.75) is 17.6 Å². The Kier molecular flexibility index (Phi) is 5.62. The maximum atomic E-state index is 14.1. The van der Waals surface area contributed by atoms with Crippen molar-refractivity contribution >= 4 is 34.7 Å². The first-order valence-electron chi connectivity index (χ1n) is 9.85. The maximum absolute atomic E-state index is 14.1. The molecule has 0 spiro atoms. The van der Waals surface area contributed by atoms with Gasteiger partial charge in [-0.1, -0.05) is 30.0 Å². The van der Waals surface area contributed by atoms with Crippen molar-refractivity contribution < 1.29 is 13.6 Å². The van der Waals surface area contributed by atoms with Crippen LogP contribution in [-0.4, -0.2) is 37.1 Å². The average molecular weight is 468 g/mol. The lowest BCUT2D eigenvalue weighted by Crippen LogP contribution is -2.28. The van der Waals surface area contributed by atoms with Crippen LogP contribution in [0.25, 0.3) is 11.4 Å². The molecule has 1 aliphatic rings. The summed E-state index contributed by atoms with van der Waals surface area (Å²) in [6, 6.07) is 13.9. The van der Waals surface area contributed by atoms with E-state index in [1.165, 1.54) is 22.8 Å². The molecule has 4 heterocycles. The Labute approximate surface area is 191 Å². The topological polar surface area (TPSA) is 76.5 Å². The molecule has 10 heteroatoms. The number of nitrogens with zero attached hydrogens (tertiary/aromatic N) is 5. The van der Waals surface area contributed by atoms with Crippen LogP contribution >= 0.6 is 23.1 Å². The van der Waals surface area contributed by atoms with Gasteiger partial charge in [0.1, 0.15) is 17.3 Å². The number of carbonyl (C=O) groups is 1. The molecule has 1 aromatic carbocycles. The zero-order chi connectivity index (χ0) is 22.1. The Morgan fingerprint density at radius 2 is 2.09 bits per heavy atom. The number of halogens is 1. The van der Waals surface area contributed by atoms with E-state index in [9.17, 15) is 9.18 Å². The van der Waals surface area contributed by atoms with Crippen molar-refractivity contribution in [1.82, 2.24) is 19.8 Å². The number of furan rings is 1. The first-order chi connectivity index (χ1) is 15.6. The summed E-state index contributed by atoms with van der Waals surface area (Å²) in [6.45, 7) is 0. The Balaban J connectivity index is 1.34. The first-order valence-corrected chi connectivity index (χ1v) is 11.7. The van der Waals surface area contributed by atoms with Gasteiger partial charge >= 0.3 is 0 Å². The Morgan fingerprint density at radius 3 is 2.84 bits per heavy atom. The predicted molar refractivity (Wildman–Crippen MR) is 121 cm³/mol. The summed E-state index contributed by atoms with van der Waals surface area (Å²) >= 11 is 2.84. The largest absolute Gasteiger partial charge is 0.463 e. The van der Waals surface area contributed by atoms with Crippen molar-refractivity contribution in [3.63, 3.8) is 0 Å². The van der Waals surface area contributed by atoms with Gasteiger partial charge in [-0.05, 0) is 35.7 Å². The third-order valence-corrected chi connectivity index (χ3v) is 7.10. The number of carbonyl (C=O) groups excluding carboxylic acids is 1. The van der Waals surface area contributed by atoms with Gasteiger partial charge in [0, 0.05) is 18.3 Å². The molecule has 5 rings (SSSR count). The highest BCUT2D eigenvalue weighted by Crippen LogP contribution is 2.36. The van der Waals surface area contributed by atoms with Crippen molar-refractivity contribution in [3.05, 3.63) is 76.6 Å². The van der Waals surface area contributed by atoms with E-state index in [1.54, 1.807) is 53.5 Å². The Bertz CT molecular complexity index is 1270. The lowest BCUT2D eigenvalue weighted by atomic mass is 10.1. The number of thioether (sulfide) groups is 1. The standard InChI is InChI=1S/C22H18FN5O2S2/c1-27-21(14-6-2-3-7-15(14)23)24-25-22(27)32-13-20(29)28-17(19-9-5-11-31-19)12-16(26-28)18-8-4-10-30-18/h2-11,17H,12-13H2,1H3. The Hall–Kier alpha value is -3.24. The van der Waals surface area contributed by atoms with E-state index in [0.717, 1.165) is 10.6 Å². The molecule has 0 radical (unpaired) electrons. The summed E-state index contributed by atoms with van der Waals surface area (Å²) < 4.78 is 21.3. The fourth-order valence-corrected chi connectivity index (χ4v) is 5.12. The second-order valence-electron chi connectivity index (χ2n) is 7.13. The highest BCUT2D eigenvalue weighted by Gasteiger charge is 2.34. The van der Waals surface area contributed by atoms with E-state index in [-0.39, 0.29) is 23.5 Å². The maximum Gasteiger partial charge on any atom is 0.253 e. The SMILES string of the molecule is Cn1c(SCC(=O)N2N=C(c3ccco3)CC2c2cccs2)nnc1-c1ccccc1F. The third-order valence-electron chi connectivity index (χ3n) is 5.12.